The molecule has 3 aromatic rings. The maximum atomic E-state index is 13.1. The topological polar surface area (TPSA) is 85.9 Å². The van der Waals surface area contributed by atoms with Crippen LogP contribution in [-0.2, 0) is 10.3 Å². The Bertz CT molecular complexity index is 1160. The maximum Gasteiger partial charge on any atom is 0.262 e. The molecule has 0 saturated heterocycles. The summed E-state index contributed by atoms with van der Waals surface area (Å²) in [6.07, 6.45) is 2.88. The van der Waals surface area contributed by atoms with Gasteiger partial charge in [-0.3, -0.25) is 9.59 Å². The Balaban J connectivity index is 1.41. The predicted molar refractivity (Wildman–Crippen MR) is 130 cm³/mol. The first-order valence-electron chi connectivity index (χ1n) is 11.2. The summed E-state index contributed by atoms with van der Waals surface area (Å²) in [5.41, 5.74) is 1.80. The standard InChI is InChI=1S/C27H28N2O5/c1-32-22-12-7-6-11-21(22)28-25(30)18-34-23-14-13-19(17-24(23)33-2)26(31)29-27(15-8-16-27)20-9-4-3-5-10-20/h3-7,9-14,17H,8,15-16,18H2,1-2H3,(H,28,30)(H,29,31). The van der Waals surface area contributed by atoms with Gasteiger partial charge in [0.25, 0.3) is 11.8 Å². The highest BCUT2D eigenvalue weighted by molar-refractivity contribution is 5.96. The van der Waals surface area contributed by atoms with Crippen LogP contribution in [0.3, 0.4) is 0 Å². The molecule has 0 unspecified atom stereocenters. The number of hydrogen-bond acceptors (Lipinski definition) is 5. The third-order valence-electron chi connectivity index (χ3n) is 6.05. The molecule has 7 heteroatoms. The second kappa shape index (κ2) is 10.3. The molecule has 0 heterocycles. The Labute approximate surface area is 199 Å². The van der Waals surface area contributed by atoms with E-state index in [0.717, 1.165) is 24.8 Å². The number of rotatable bonds is 9. The molecule has 0 atom stereocenters. The zero-order valence-electron chi connectivity index (χ0n) is 19.3. The normalized spacial score (nSPS) is 13.8. The van der Waals surface area contributed by atoms with E-state index in [-0.39, 0.29) is 24.0 Å². The fourth-order valence-electron chi connectivity index (χ4n) is 4.07. The maximum absolute atomic E-state index is 13.1. The van der Waals surface area contributed by atoms with E-state index in [4.69, 9.17) is 14.2 Å². The fourth-order valence-corrected chi connectivity index (χ4v) is 4.07. The minimum atomic E-state index is -0.344. The van der Waals surface area contributed by atoms with Crippen molar-refractivity contribution in [3.8, 4) is 17.2 Å². The van der Waals surface area contributed by atoms with E-state index in [9.17, 15) is 9.59 Å². The zero-order chi connectivity index (χ0) is 24.0. The van der Waals surface area contributed by atoms with Crippen LogP contribution in [0, 0.1) is 0 Å². The van der Waals surface area contributed by atoms with Crippen LogP contribution in [0.4, 0.5) is 5.69 Å². The van der Waals surface area contributed by atoms with Crippen LogP contribution in [-0.4, -0.2) is 32.6 Å². The van der Waals surface area contributed by atoms with Crippen LogP contribution in [0.25, 0.3) is 0 Å². The van der Waals surface area contributed by atoms with E-state index in [1.54, 1.807) is 36.4 Å². The van der Waals surface area contributed by atoms with Gasteiger partial charge in [-0.25, -0.2) is 0 Å². The molecule has 0 radical (unpaired) electrons. The highest BCUT2D eigenvalue weighted by Crippen LogP contribution is 2.41. The minimum absolute atomic E-state index is 0.178. The van der Waals surface area contributed by atoms with Gasteiger partial charge in [-0.05, 0) is 55.2 Å². The number of carbonyl (C=O) groups is 2. The van der Waals surface area contributed by atoms with E-state index in [1.807, 2.05) is 36.4 Å². The summed E-state index contributed by atoms with van der Waals surface area (Å²) in [6, 6.07) is 22.1. The average Bonchev–Trinajstić information content (AvgIpc) is 2.85. The van der Waals surface area contributed by atoms with Crippen molar-refractivity contribution in [3.63, 3.8) is 0 Å². The first-order chi connectivity index (χ1) is 16.5. The summed E-state index contributed by atoms with van der Waals surface area (Å²) in [5, 5.41) is 5.97. The van der Waals surface area contributed by atoms with Crippen molar-refractivity contribution in [2.45, 2.75) is 24.8 Å². The number of hydrogen-bond donors (Lipinski definition) is 2. The number of anilines is 1. The van der Waals surface area contributed by atoms with Crippen LogP contribution in [0.15, 0.2) is 72.8 Å². The van der Waals surface area contributed by atoms with Crippen LogP contribution < -0.4 is 24.8 Å². The molecule has 0 spiro atoms. The van der Waals surface area contributed by atoms with Gasteiger partial charge in [0.05, 0.1) is 25.4 Å². The number of methoxy groups -OCH3 is 2. The molecule has 1 aliphatic rings. The minimum Gasteiger partial charge on any atom is -0.495 e. The fraction of sp³-hybridized carbons (Fsp3) is 0.259. The Hall–Kier alpha value is -4.00. The molecule has 176 valence electrons. The van der Waals surface area contributed by atoms with Gasteiger partial charge in [0, 0.05) is 5.56 Å². The van der Waals surface area contributed by atoms with Crippen LogP contribution in [0.5, 0.6) is 17.2 Å². The van der Waals surface area contributed by atoms with Crippen LogP contribution in [0.1, 0.15) is 35.2 Å². The number of ether oxygens (including phenoxy) is 3. The van der Waals surface area contributed by atoms with E-state index in [2.05, 4.69) is 10.6 Å². The zero-order valence-corrected chi connectivity index (χ0v) is 19.3. The summed E-state index contributed by atoms with van der Waals surface area (Å²) in [4.78, 5) is 25.4. The average molecular weight is 461 g/mol. The van der Waals surface area contributed by atoms with Gasteiger partial charge in [-0.15, -0.1) is 0 Å². The molecule has 0 bridgehead atoms. The monoisotopic (exact) mass is 460 g/mol. The van der Waals surface area contributed by atoms with Crippen molar-refractivity contribution in [3.05, 3.63) is 83.9 Å². The van der Waals surface area contributed by atoms with Gasteiger partial charge in [-0.1, -0.05) is 42.5 Å². The van der Waals surface area contributed by atoms with Gasteiger partial charge in [-0.2, -0.15) is 0 Å². The van der Waals surface area contributed by atoms with E-state index in [0.29, 0.717) is 28.5 Å². The lowest BCUT2D eigenvalue weighted by Gasteiger charge is -2.43. The smallest absolute Gasteiger partial charge is 0.262 e. The molecule has 7 nitrogen and oxygen atoms in total. The van der Waals surface area contributed by atoms with Crippen LogP contribution >= 0.6 is 0 Å². The summed E-state index contributed by atoms with van der Waals surface area (Å²) in [7, 11) is 3.03. The number of amides is 2. The van der Waals surface area contributed by atoms with Crippen molar-refractivity contribution in [1.82, 2.24) is 5.32 Å². The molecule has 1 aliphatic carbocycles. The number of nitrogens with one attached hydrogen (secondary N) is 2. The van der Waals surface area contributed by atoms with Gasteiger partial charge in [0.2, 0.25) is 0 Å². The Morgan fingerprint density at radius 3 is 2.24 bits per heavy atom. The first kappa shape index (κ1) is 23.2. The molecule has 4 rings (SSSR count). The quantitative estimate of drug-likeness (QED) is 0.490. The summed E-state index contributed by atoms with van der Waals surface area (Å²) < 4.78 is 16.3. The van der Waals surface area contributed by atoms with Crippen molar-refractivity contribution in [1.29, 1.82) is 0 Å². The molecule has 2 N–H and O–H groups in total. The van der Waals surface area contributed by atoms with Gasteiger partial charge in [0.15, 0.2) is 18.1 Å². The Morgan fingerprint density at radius 1 is 0.853 bits per heavy atom. The molecule has 1 fully saturated rings. The number of carbonyl (C=O) groups excluding carboxylic acids is 2. The van der Waals surface area contributed by atoms with E-state index < -0.39 is 0 Å². The predicted octanol–water partition coefficient (Wildman–Crippen LogP) is 4.53. The summed E-state index contributed by atoms with van der Waals surface area (Å²) >= 11 is 0. The van der Waals surface area contributed by atoms with Crippen LogP contribution in [0.2, 0.25) is 0 Å². The SMILES string of the molecule is COc1ccccc1NC(=O)COc1ccc(C(=O)NC2(c3ccccc3)CCC2)cc1OC. The van der Waals surface area contributed by atoms with E-state index >= 15 is 0 Å². The number of para-hydroxylation sites is 2. The van der Waals surface area contributed by atoms with Crippen molar-refractivity contribution in [2.24, 2.45) is 0 Å². The third-order valence-corrected chi connectivity index (χ3v) is 6.05. The van der Waals surface area contributed by atoms with Gasteiger partial charge < -0.3 is 24.8 Å². The molecular formula is C27H28N2O5. The summed E-state index contributed by atoms with van der Waals surface area (Å²) in [5.74, 6) is 0.782. The highest BCUT2D eigenvalue weighted by atomic mass is 16.5. The highest BCUT2D eigenvalue weighted by Gasteiger charge is 2.40. The Morgan fingerprint density at radius 2 is 1.56 bits per heavy atom. The van der Waals surface area contributed by atoms with Crippen molar-refractivity contribution < 1.29 is 23.8 Å². The van der Waals surface area contributed by atoms with E-state index in [1.165, 1.54) is 14.2 Å². The second-order valence-electron chi connectivity index (χ2n) is 8.16. The largest absolute Gasteiger partial charge is 0.495 e. The Kier molecular flexibility index (Phi) is 7.01. The van der Waals surface area contributed by atoms with Gasteiger partial charge in [0.1, 0.15) is 5.75 Å². The number of benzene rings is 3. The molecular weight excluding hydrogens is 432 g/mol. The van der Waals surface area contributed by atoms with Crippen molar-refractivity contribution in [2.75, 3.05) is 26.1 Å². The molecule has 2 amide bonds. The second-order valence-corrected chi connectivity index (χ2v) is 8.16. The van der Waals surface area contributed by atoms with Gasteiger partial charge >= 0.3 is 0 Å². The molecule has 0 aliphatic heterocycles. The molecule has 0 aromatic heterocycles. The molecule has 3 aromatic carbocycles. The lowest BCUT2D eigenvalue weighted by Crippen LogP contribution is -2.50. The first-order valence-corrected chi connectivity index (χ1v) is 11.2. The molecule has 34 heavy (non-hydrogen) atoms. The third kappa shape index (κ3) is 4.98. The summed E-state index contributed by atoms with van der Waals surface area (Å²) in [6.45, 7) is -0.225. The molecule has 1 saturated carbocycles. The van der Waals surface area contributed by atoms with Crippen molar-refractivity contribution >= 4 is 17.5 Å². The lowest BCUT2D eigenvalue weighted by atomic mass is 9.71. The lowest BCUT2D eigenvalue weighted by molar-refractivity contribution is -0.118.